The number of hydrogen-bond acceptors (Lipinski definition) is 8. The molecule has 0 saturated heterocycles. The number of imidazole rings is 1. The average Bonchev–Trinajstić information content (AvgIpc) is 3.22. The quantitative estimate of drug-likeness (QED) is 0.224. The maximum atomic E-state index is 13.1. The van der Waals surface area contributed by atoms with Crippen LogP contribution in [0.3, 0.4) is 0 Å². The van der Waals surface area contributed by atoms with Gasteiger partial charge in [0.1, 0.15) is 5.82 Å². The number of benzene rings is 3. The van der Waals surface area contributed by atoms with Crippen LogP contribution in [-0.4, -0.2) is 41.2 Å². The van der Waals surface area contributed by atoms with Crippen LogP contribution in [0, 0.1) is 0 Å². The average molecular weight is 582 g/mol. The molecule has 2 heterocycles. The van der Waals surface area contributed by atoms with Gasteiger partial charge in [-0.2, -0.15) is 18.2 Å². The van der Waals surface area contributed by atoms with Crippen molar-refractivity contribution in [1.82, 2.24) is 19.5 Å². The topological polar surface area (TPSA) is 105 Å². The lowest BCUT2D eigenvalue weighted by molar-refractivity contribution is -0.137. The summed E-state index contributed by atoms with van der Waals surface area (Å²) < 4.78 is 64.2. The van der Waals surface area contributed by atoms with Gasteiger partial charge in [0.25, 0.3) is 0 Å². The van der Waals surface area contributed by atoms with Crippen LogP contribution < -0.4 is 15.5 Å². The van der Waals surface area contributed by atoms with E-state index in [-0.39, 0.29) is 11.4 Å². The molecule has 0 radical (unpaired) electrons. The number of aryl methyl sites for hydroxylation is 1. The van der Waals surface area contributed by atoms with Gasteiger partial charge in [-0.15, -0.1) is 0 Å². The highest BCUT2D eigenvalue weighted by Crippen LogP contribution is 2.32. The molecule has 0 spiro atoms. The summed E-state index contributed by atoms with van der Waals surface area (Å²) in [5.41, 5.74) is 3.16. The second-order valence-corrected chi connectivity index (χ2v) is 11.7. The summed E-state index contributed by atoms with van der Waals surface area (Å²) >= 11 is 0. The van der Waals surface area contributed by atoms with E-state index in [1.54, 1.807) is 54.2 Å². The fraction of sp³-hybridized carbons (Fsp3) is 0.179. The molecule has 2 aromatic heterocycles. The van der Waals surface area contributed by atoms with E-state index < -0.39 is 21.6 Å². The number of aromatic nitrogens is 4. The number of rotatable bonds is 8. The van der Waals surface area contributed by atoms with Crippen LogP contribution in [0.2, 0.25) is 0 Å². The van der Waals surface area contributed by atoms with Gasteiger partial charge in [0.2, 0.25) is 11.9 Å². The number of alkyl halides is 3. The number of anilines is 6. The Kier molecular flexibility index (Phi) is 7.30. The lowest BCUT2D eigenvalue weighted by Crippen LogP contribution is -2.12. The van der Waals surface area contributed by atoms with Crippen molar-refractivity contribution in [2.24, 2.45) is 7.05 Å². The van der Waals surface area contributed by atoms with Crippen molar-refractivity contribution in [2.75, 3.05) is 28.8 Å². The highest BCUT2D eigenvalue weighted by atomic mass is 32.2. The van der Waals surface area contributed by atoms with E-state index in [1.807, 2.05) is 30.1 Å². The maximum Gasteiger partial charge on any atom is 0.416 e. The molecule has 0 saturated carbocycles. The fourth-order valence-electron chi connectivity index (χ4n) is 4.26. The minimum absolute atomic E-state index is 0.0343. The number of hydrogen-bond donors (Lipinski definition) is 2. The first-order valence-electron chi connectivity index (χ1n) is 12.4. The minimum atomic E-state index is -4.44. The van der Waals surface area contributed by atoms with E-state index in [9.17, 15) is 21.6 Å². The number of sulfone groups is 1. The van der Waals surface area contributed by atoms with Crippen molar-refractivity contribution in [1.29, 1.82) is 0 Å². The lowest BCUT2D eigenvalue weighted by atomic mass is 10.2. The molecule has 212 valence electrons. The Balaban J connectivity index is 1.34. The molecule has 9 nitrogen and oxygen atoms in total. The van der Waals surface area contributed by atoms with Crippen molar-refractivity contribution in [3.05, 3.63) is 90.1 Å². The lowest BCUT2D eigenvalue weighted by Gasteiger charge is -2.19. The van der Waals surface area contributed by atoms with E-state index in [0.29, 0.717) is 34.5 Å². The van der Waals surface area contributed by atoms with Gasteiger partial charge in [0, 0.05) is 43.6 Å². The Labute approximate surface area is 234 Å². The zero-order chi connectivity index (χ0) is 29.4. The van der Waals surface area contributed by atoms with Crippen molar-refractivity contribution < 1.29 is 21.6 Å². The Morgan fingerprint density at radius 1 is 0.927 bits per heavy atom. The summed E-state index contributed by atoms with van der Waals surface area (Å²) in [7, 11) is 0.504. The van der Waals surface area contributed by atoms with Crippen LogP contribution in [-0.2, 0) is 28.8 Å². The molecule has 0 aliphatic rings. The van der Waals surface area contributed by atoms with Crippen LogP contribution in [0.1, 0.15) is 11.1 Å². The molecule has 0 atom stereocenters. The van der Waals surface area contributed by atoms with Crippen LogP contribution in [0.4, 0.5) is 47.9 Å². The Bertz CT molecular complexity index is 1820. The number of halogens is 3. The second-order valence-electron chi connectivity index (χ2n) is 9.56. The smallest absolute Gasteiger partial charge is 0.329 e. The Morgan fingerprint density at radius 2 is 1.68 bits per heavy atom. The van der Waals surface area contributed by atoms with Crippen LogP contribution in [0.15, 0.2) is 79.0 Å². The number of nitrogens with zero attached hydrogens (tertiary/aromatic N) is 5. The summed E-state index contributed by atoms with van der Waals surface area (Å²) in [6.45, 7) is 0. The molecule has 0 aliphatic heterocycles. The van der Waals surface area contributed by atoms with Crippen molar-refractivity contribution in [3.8, 4) is 0 Å². The van der Waals surface area contributed by atoms with Gasteiger partial charge in [-0.3, -0.25) is 0 Å². The molecule has 0 fully saturated rings. The summed E-state index contributed by atoms with van der Waals surface area (Å²) in [6.07, 6.45) is -1.63. The predicted octanol–water partition coefficient (Wildman–Crippen LogP) is 6.18. The summed E-state index contributed by atoms with van der Waals surface area (Å²) in [4.78, 5) is 15.3. The molecule has 13 heteroatoms. The maximum absolute atomic E-state index is 13.1. The van der Waals surface area contributed by atoms with E-state index in [4.69, 9.17) is 0 Å². The largest absolute Gasteiger partial charge is 0.416 e. The molecular weight excluding hydrogens is 555 g/mol. The SMILES string of the molecule is CN(c1ccc2c(c1)nc(Nc1cccc(C(F)(F)F)c1)n2C)c1ccnc(Nc2ccc(CS(C)(=O)=O)cc2)n1. The number of nitrogens with one attached hydrogen (secondary N) is 2. The Morgan fingerprint density at radius 3 is 2.39 bits per heavy atom. The molecule has 0 amide bonds. The van der Waals surface area contributed by atoms with Crippen molar-refractivity contribution in [2.45, 2.75) is 11.9 Å². The molecule has 5 aromatic rings. The summed E-state index contributed by atoms with van der Waals surface area (Å²) in [5.74, 6) is 1.33. The molecule has 3 aromatic carbocycles. The normalized spacial score (nSPS) is 12.0. The van der Waals surface area contributed by atoms with Gasteiger partial charge >= 0.3 is 6.18 Å². The van der Waals surface area contributed by atoms with E-state index >= 15 is 0 Å². The highest BCUT2D eigenvalue weighted by molar-refractivity contribution is 7.89. The second kappa shape index (κ2) is 10.7. The van der Waals surface area contributed by atoms with E-state index in [1.165, 1.54) is 12.3 Å². The minimum Gasteiger partial charge on any atom is -0.329 e. The molecular formula is C28H26F3N7O2S. The molecule has 41 heavy (non-hydrogen) atoms. The zero-order valence-corrected chi connectivity index (χ0v) is 23.1. The van der Waals surface area contributed by atoms with E-state index in [2.05, 4.69) is 25.6 Å². The van der Waals surface area contributed by atoms with Crippen LogP contribution >= 0.6 is 0 Å². The third kappa shape index (κ3) is 6.57. The first-order valence-corrected chi connectivity index (χ1v) is 14.4. The van der Waals surface area contributed by atoms with Gasteiger partial charge < -0.3 is 20.1 Å². The first kappa shape index (κ1) is 27.9. The van der Waals surface area contributed by atoms with Crippen molar-refractivity contribution >= 4 is 55.6 Å². The standard InChI is InChI=1S/C28H26F3N7O2S/c1-37(25-13-14-32-26(36-25)33-20-9-7-18(8-10-20)17-41(3,39)40)22-11-12-24-23(16-22)35-27(38(24)2)34-21-6-4-5-19(15-21)28(29,30)31/h4-16H,17H2,1-3H3,(H,34,35)(H,32,33,36). The third-order valence-electron chi connectivity index (χ3n) is 6.32. The van der Waals surface area contributed by atoms with E-state index in [0.717, 1.165) is 23.3 Å². The monoisotopic (exact) mass is 581 g/mol. The summed E-state index contributed by atoms with van der Waals surface area (Å²) in [5, 5.41) is 6.10. The van der Waals surface area contributed by atoms with Crippen molar-refractivity contribution in [3.63, 3.8) is 0 Å². The molecule has 0 unspecified atom stereocenters. The van der Waals surface area contributed by atoms with Crippen LogP contribution in [0.5, 0.6) is 0 Å². The van der Waals surface area contributed by atoms with Crippen LogP contribution in [0.25, 0.3) is 11.0 Å². The molecule has 0 aliphatic carbocycles. The molecule has 5 rings (SSSR count). The van der Waals surface area contributed by atoms with Gasteiger partial charge in [-0.05, 0) is 60.2 Å². The Hall–Kier alpha value is -4.65. The first-order chi connectivity index (χ1) is 19.4. The van der Waals surface area contributed by atoms with Gasteiger partial charge in [-0.25, -0.2) is 18.4 Å². The zero-order valence-electron chi connectivity index (χ0n) is 22.3. The predicted molar refractivity (Wildman–Crippen MR) is 154 cm³/mol. The molecule has 2 N–H and O–H groups in total. The van der Waals surface area contributed by atoms with Gasteiger partial charge in [0.05, 0.1) is 22.3 Å². The number of fused-ring (bicyclic) bond motifs is 1. The molecule has 0 bridgehead atoms. The summed E-state index contributed by atoms with van der Waals surface area (Å²) in [6, 6.07) is 19.4. The fourth-order valence-corrected chi connectivity index (χ4v) is 5.05. The van der Waals surface area contributed by atoms with Gasteiger partial charge in [-0.1, -0.05) is 18.2 Å². The highest BCUT2D eigenvalue weighted by Gasteiger charge is 2.30. The van der Waals surface area contributed by atoms with Gasteiger partial charge in [0.15, 0.2) is 9.84 Å². The third-order valence-corrected chi connectivity index (χ3v) is 7.18.